The van der Waals surface area contributed by atoms with Crippen LogP contribution in [0.2, 0.25) is 0 Å². The highest BCUT2D eigenvalue weighted by Gasteiger charge is 2.34. The Balaban J connectivity index is 1.34. The van der Waals surface area contributed by atoms with Gasteiger partial charge in [-0.1, -0.05) is 78.9 Å². The first-order valence-corrected chi connectivity index (χ1v) is 12.9. The maximum absolute atomic E-state index is 13.6. The third-order valence-electron chi connectivity index (χ3n) is 6.69. The van der Waals surface area contributed by atoms with Crippen molar-refractivity contribution < 1.29 is 18.7 Å². The van der Waals surface area contributed by atoms with Crippen molar-refractivity contribution in [2.24, 2.45) is 0 Å². The fraction of sp³-hybridized carbons (Fsp3) is 0.121. The first-order valence-electron chi connectivity index (χ1n) is 12.9. The van der Waals surface area contributed by atoms with Crippen molar-refractivity contribution in [3.8, 4) is 11.5 Å². The lowest BCUT2D eigenvalue weighted by Crippen LogP contribution is -2.42. The number of anilines is 1. The first kappa shape index (κ1) is 24.4. The summed E-state index contributed by atoms with van der Waals surface area (Å²) in [6.07, 6.45) is 1.19. The first-order chi connectivity index (χ1) is 19.2. The molecule has 0 bridgehead atoms. The summed E-state index contributed by atoms with van der Waals surface area (Å²) in [5.41, 5.74) is 4.41. The Labute approximate surface area is 227 Å². The van der Waals surface area contributed by atoms with Crippen LogP contribution in [0.25, 0.3) is 0 Å². The van der Waals surface area contributed by atoms with Crippen molar-refractivity contribution in [3.63, 3.8) is 0 Å². The fourth-order valence-electron chi connectivity index (χ4n) is 4.69. The van der Waals surface area contributed by atoms with E-state index in [0.717, 1.165) is 22.4 Å². The standard InChI is InChI=1S/C33H28N2O4/c36-33-28-15-7-8-16-29(28)34-32(35(33)21-27-14-9-19-37-27)26-17-18-30(38-22-24-10-3-1-4-11-24)31(20-26)39-23-25-12-5-2-6-13-25/h1-20,32,34H,21-23H2/t32-/m0/s1. The summed E-state index contributed by atoms with van der Waals surface area (Å²) in [4.78, 5) is 15.4. The average molecular weight is 517 g/mol. The van der Waals surface area contributed by atoms with Crippen molar-refractivity contribution in [2.45, 2.75) is 25.9 Å². The van der Waals surface area contributed by atoms with E-state index in [1.165, 1.54) is 0 Å². The third-order valence-corrected chi connectivity index (χ3v) is 6.69. The molecule has 1 amide bonds. The van der Waals surface area contributed by atoms with Gasteiger partial charge in [-0.15, -0.1) is 0 Å². The Bertz CT molecular complexity index is 1540. The zero-order chi connectivity index (χ0) is 26.4. The van der Waals surface area contributed by atoms with E-state index >= 15 is 0 Å². The largest absolute Gasteiger partial charge is 0.485 e. The lowest BCUT2D eigenvalue weighted by molar-refractivity contribution is 0.0651. The van der Waals surface area contributed by atoms with Gasteiger partial charge in [0, 0.05) is 5.69 Å². The molecule has 0 saturated carbocycles. The number of nitrogens with one attached hydrogen (secondary N) is 1. The van der Waals surface area contributed by atoms with E-state index in [9.17, 15) is 4.79 Å². The Morgan fingerprint density at radius 1 is 0.718 bits per heavy atom. The second kappa shape index (κ2) is 11.2. The molecule has 1 atom stereocenters. The number of carbonyl (C=O) groups excluding carboxylic acids is 1. The van der Waals surface area contributed by atoms with E-state index in [4.69, 9.17) is 13.9 Å². The summed E-state index contributed by atoms with van der Waals surface area (Å²) >= 11 is 0. The number of rotatable bonds is 9. The van der Waals surface area contributed by atoms with Gasteiger partial charge in [0.2, 0.25) is 0 Å². The molecule has 2 heterocycles. The van der Waals surface area contributed by atoms with Gasteiger partial charge in [0.15, 0.2) is 11.5 Å². The normalized spacial score (nSPS) is 14.4. The van der Waals surface area contributed by atoms with Crippen LogP contribution in [0.1, 0.15) is 39.0 Å². The van der Waals surface area contributed by atoms with E-state index in [-0.39, 0.29) is 5.91 Å². The number of hydrogen-bond acceptors (Lipinski definition) is 5. The van der Waals surface area contributed by atoms with Crippen molar-refractivity contribution >= 4 is 11.6 Å². The van der Waals surface area contributed by atoms with Gasteiger partial charge >= 0.3 is 0 Å². The molecule has 1 aromatic heterocycles. The minimum Gasteiger partial charge on any atom is -0.485 e. The topological polar surface area (TPSA) is 63.9 Å². The molecule has 0 aliphatic carbocycles. The average Bonchev–Trinajstić information content (AvgIpc) is 3.51. The molecule has 6 nitrogen and oxygen atoms in total. The number of nitrogens with zero attached hydrogens (tertiary/aromatic N) is 1. The van der Waals surface area contributed by atoms with Gasteiger partial charge in [-0.3, -0.25) is 4.79 Å². The third kappa shape index (κ3) is 5.50. The summed E-state index contributed by atoms with van der Waals surface area (Å²) in [6.45, 7) is 1.13. The molecule has 0 radical (unpaired) electrons. The predicted octanol–water partition coefficient (Wildman–Crippen LogP) is 7.20. The van der Waals surface area contributed by atoms with Gasteiger partial charge in [-0.2, -0.15) is 0 Å². The van der Waals surface area contributed by atoms with E-state index in [0.29, 0.717) is 42.6 Å². The van der Waals surface area contributed by atoms with E-state index in [2.05, 4.69) is 5.32 Å². The summed E-state index contributed by atoms with van der Waals surface area (Å²) < 4.78 is 18.1. The van der Waals surface area contributed by atoms with Gasteiger partial charge in [0.25, 0.3) is 5.91 Å². The number of hydrogen-bond donors (Lipinski definition) is 1. The SMILES string of the molecule is O=C1c2ccccc2N[C@H](c2ccc(OCc3ccccc3)c(OCc3ccccc3)c2)N1Cc1ccco1. The number of fused-ring (bicyclic) bond motifs is 1. The fourth-order valence-corrected chi connectivity index (χ4v) is 4.69. The smallest absolute Gasteiger partial charge is 0.258 e. The zero-order valence-electron chi connectivity index (χ0n) is 21.3. The van der Waals surface area contributed by atoms with Crippen molar-refractivity contribution in [3.05, 3.63) is 150 Å². The van der Waals surface area contributed by atoms with Crippen LogP contribution in [0.3, 0.4) is 0 Å². The molecular weight excluding hydrogens is 488 g/mol. The molecule has 4 aromatic carbocycles. The van der Waals surface area contributed by atoms with Crippen LogP contribution in [-0.2, 0) is 19.8 Å². The highest BCUT2D eigenvalue weighted by atomic mass is 16.5. The quantitative estimate of drug-likeness (QED) is 0.224. The van der Waals surface area contributed by atoms with Gasteiger partial charge in [0.05, 0.1) is 18.4 Å². The van der Waals surface area contributed by atoms with Crippen LogP contribution in [-0.4, -0.2) is 10.8 Å². The molecule has 1 aliphatic heterocycles. The van der Waals surface area contributed by atoms with E-state index in [1.54, 1.807) is 11.2 Å². The Kier molecular flexibility index (Phi) is 6.99. The van der Waals surface area contributed by atoms with Gasteiger partial charge in [-0.05, 0) is 53.1 Å². The zero-order valence-corrected chi connectivity index (χ0v) is 21.3. The molecule has 0 unspecified atom stereocenters. The molecule has 1 N–H and O–H groups in total. The van der Waals surface area contributed by atoms with Crippen LogP contribution >= 0.6 is 0 Å². The molecule has 6 rings (SSSR count). The van der Waals surface area contributed by atoms with E-state index in [1.807, 2.05) is 115 Å². The molecule has 6 heteroatoms. The van der Waals surface area contributed by atoms with Gasteiger partial charge < -0.3 is 24.1 Å². The highest BCUT2D eigenvalue weighted by Crippen LogP contribution is 2.38. The number of benzene rings is 4. The van der Waals surface area contributed by atoms with Crippen LogP contribution in [0, 0.1) is 0 Å². The summed E-state index contributed by atoms with van der Waals surface area (Å²) in [6, 6.07) is 37.1. The molecule has 5 aromatic rings. The van der Waals surface area contributed by atoms with Crippen molar-refractivity contribution in [2.75, 3.05) is 5.32 Å². The summed E-state index contributed by atoms with van der Waals surface area (Å²) in [5.74, 6) is 1.89. The number of amides is 1. The number of carbonyl (C=O) groups is 1. The lowest BCUT2D eigenvalue weighted by atomic mass is 10.0. The van der Waals surface area contributed by atoms with E-state index < -0.39 is 6.17 Å². The molecule has 0 spiro atoms. The number of ether oxygens (including phenoxy) is 2. The number of para-hydroxylation sites is 1. The van der Waals surface area contributed by atoms with Crippen LogP contribution in [0.15, 0.2) is 126 Å². The van der Waals surface area contributed by atoms with Gasteiger partial charge in [-0.25, -0.2) is 0 Å². The van der Waals surface area contributed by atoms with Gasteiger partial charge in [0.1, 0.15) is 25.1 Å². The summed E-state index contributed by atoms with van der Waals surface area (Å²) in [7, 11) is 0. The Morgan fingerprint density at radius 2 is 1.38 bits per heavy atom. The molecule has 0 saturated heterocycles. The Morgan fingerprint density at radius 3 is 2.08 bits per heavy atom. The second-order valence-corrected chi connectivity index (χ2v) is 9.36. The molecule has 194 valence electrons. The lowest BCUT2D eigenvalue weighted by Gasteiger charge is -2.38. The van der Waals surface area contributed by atoms with Crippen molar-refractivity contribution in [1.29, 1.82) is 0 Å². The maximum Gasteiger partial charge on any atom is 0.258 e. The summed E-state index contributed by atoms with van der Waals surface area (Å²) in [5, 5.41) is 3.55. The monoisotopic (exact) mass is 516 g/mol. The highest BCUT2D eigenvalue weighted by molar-refractivity contribution is 6.01. The predicted molar refractivity (Wildman–Crippen MR) is 149 cm³/mol. The van der Waals surface area contributed by atoms with Crippen molar-refractivity contribution in [1.82, 2.24) is 4.90 Å². The molecular formula is C33H28N2O4. The van der Waals surface area contributed by atoms with Crippen LogP contribution in [0.5, 0.6) is 11.5 Å². The maximum atomic E-state index is 13.6. The van der Waals surface area contributed by atoms with Crippen LogP contribution in [0.4, 0.5) is 5.69 Å². The van der Waals surface area contributed by atoms with Crippen LogP contribution < -0.4 is 14.8 Å². The number of furan rings is 1. The minimum absolute atomic E-state index is 0.0677. The molecule has 39 heavy (non-hydrogen) atoms. The molecule has 1 aliphatic rings. The second-order valence-electron chi connectivity index (χ2n) is 9.36. The molecule has 0 fully saturated rings. The minimum atomic E-state index is -0.431. The Hall–Kier alpha value is -4.97.